The molecule has 2 aliphatic rings. The number of ether oxygens (including phenoxy) is 5. The van der Waals surface area contributed by atoms with Gasteiger partial charge in [0.25, 0.3) is 0 Å². The minimum atomic E-state index is -4.81. The minimum absolute atomic E-state index is 0.0417. The number of carbonyl (C=O) groups is 2. The molecule has 1 amide bonds. The van der Waals surface area contributed by atoms with Crippen LogP contribution in [0.5, 0.6) is 11.8 Å². The van der Waals surface area contributed by atoms with Crippen molar-refractivity contribution in [2.75, 3.05) is 52.2 Å². The SMILES string of the molecule is COCOc1cc(-c2c(C(=O)OC)cc3c(N4C[C@H]5CC[C@@H](C4)N5C(=O)OC(C)(C)C)nc(OCC(F)(F)F)nc3c2F)c2c(C#CCNC(c3ccccc3)c3ccccc3)c(F)ccc2c1. The first-order valence-corrected chi connectivity index (χ1v) is 21.8. The first-order valence-electron chi connectivity index (χ1n) is 21.8. The Kier molecular flexibility index (Phi) is 13.7. The van der Waals surface area contributed by atoms with Gasteiger partial charge in [-0.05, 0) is 80.0 Å². The summed E-state index contributed by atoms with van der Waals surface area (Å²) >= 11 is 0. The van der Waals surface area contributed by atoms with E-state index in [1.165, 1.54) is 31.4 Å². The lowest BCUT2D eigenvalue weighted by Crippen LogP contribution is -2.57. The molecule has 12 nitrogen and oxygen atoms in total. The third-order valence-corrected chi connectivity index (χ3v) is 11.6. The van der Waals surface area contributed by atoms with E-state index in [1.807, 2.05) is 60.7 Å². The van der Waals surface area contributed by atoms with Gasteiger partial charge in [0.15, 0.2) is 19.2 Å². The lowest BCUT2D eigenvalue weighted by molar-refractivity contribution is -0.154. The highest BCUT2D eigenvalue weighted by atomic mass is 19.4. The van der Waals surface area contributed by atoms with Crippen molar-refractivity contribution in [3.05, 3.63) is 125 Å². The molecule has 2 aliphatic heterocycles. The second kappa shape index (κ2) is 19.7. The summed E-state index contributed by atoms with van der Waals surface area (Å²) in [5.41, 5.74) is -0.318. The van der Waals surface area contributed by atoms with Crippen LogP contribution in [-0.2, 0) is 14.2 Å². The fourth-order valence-corrected chi connectivity index (χ4v) is 8.81. The average molecular weight is 938 g/mol. The Hall–Kier alpha value is -7.03. The Morgan fingerprint density at radius 3 is 2.13 bits per heavy atom. The van der Waals surface area contributed by atoms with Gasteiger partial charge in [-0.3, -0.25) is 10.2 Å². The van der Waals surface area contributed by atoms with Gasteiger partial charge in [-0.25, -0.2) is 18.4 Å². The predicted octanol–water partition coefficient (Wildman–Crippen LogP) is 9.76. The van der Waals surface area contributed by atoms with Crippen LogP contribution in [0.3, 0.4) is 0 Å². The number of rotatable bonds is 12. The Balaban J connectivity index is 1.29. The fraction of sp³-hybridized carbons (Fsp3) is 0.333. The summed E-state index contributed by atoms with van der Waals surface area (Å²) in [7, 11) is 2.50. The zero-order valence-electron chi connectivity index (χ0n) is 37.9. The monoisotopic (exact) mass is 937 g/mol. The summed E-state index contributed by atoms with van der Waals surface area (Å²) in [6.07, 6.45) is -4.16. The molecule has 0 unspecified atom stereocenters. The summed E-state index contributed by atoms with van der Waals surface area (Å²) in [4.78, 5) is 39.2. The number of benzene rings is 5. The highest BCUT2D eigenvalue weighted by Crippen LogP contribution is 2.44. The largest absolute Gasteiger partial charge is 0.468 e. The van der Waals surface area contributed by atoms with E-state index in [0.29, 0.717) is 18.2 Å². The number of hydrogen-bond donors (Lipinski definition) is 1. The van der Waals surface area contributed by atoms with Gasteiger partial charge in [0, 0.05) is 36.5 Å². The topological polar surface area (TPSA) is 125 Å². The van der Waals surface area contributed by atoms with Gasteiger partial charge in [-0.2, -0.15) is 23.1 Å². The van der Waals surface area contributed by atoms with Gasteiger partial charge in [0.1, 0.15) is 28.5 Å². The van der Waals surface area contributed by atoms with E-state index in [0.717, 1.165) is 18.2 Å². The summed E-state index contributed by atoms with van der Waals surface area (Å²) in [6.45, 7) is 3.58. The van der Waals surface area contributed by atoms with Gasteiger partial charge >= 0.3 is 24.2 Å². The molecule has 6 aromatic rings. The Morgan fingerprint density at radius 1 is 0.868 bits per heavy atom. The molecule has 1 N–H and O–H groups in total. The first-order chi connectivity index (χ1) is 32.5. The number of piperazine rings is 1. The average Bonchev–Trinajstić information content (AvgIpc) is 3.58. The second-order valence-corrected chi connectivity index (χ2v) is 17.4. The Bertz CT molecular complexity index is 2850. The maximum atomic E-state index is 18.0. The van der Waals surface area contributed by atoms with E-state index >= 15 is 8.78 Å². The van der Waals surface area contributed by atoms with E-state index in [-0.39, 0.29) is 71.5 Å². The van der Waals surface area contributed by atoms with Crippen molar-refractivity contribution in [2.24, 2.45) is 0 Å². The smallest absolute Gasteiger partial charge is 0.422 e. The molecule has 2 bridgehead atoms. The third kappa shape index (κ3) is 10.3. The summed E-state index contributed by atoms with van der Waals surface area (Å²) in [5, 5.41) is 3.80. The fourth-order valence-electron chi connectivity index (χ4n) is 8.81. The standard InChI is InChI=1S/C51H48F5N5O7/c1-50(2,3)68-49(63)61-33-19-20-34(61)27-60(26-33)46-39-25-38(47(62)65-5)42(43(53)45(39)58-48(59-46)66-28-51(54,55)56)37-24-35(67-29-64-4)23-32-18-21-40(52)36(41(32)37)17-12-22-57-44(30-13-8-6-9-14-30)31-15-10-7-11-16-31/h6-11,13-16,18,21,23-25,33-34,44,57H,19-20,22,26-29H2,1-5H3/t33-,34+. The summed E-state index contributed by atoms with van der Waals surface area (Å²) < 4.78 is 102. The molecule has 2 saturated heterocycles. The van der Waals surface area contributed by atoms with Crippen molar-refractivity contribution in [2.45, 2.75) is 63.5 Å². The minimum Gasteiger partial charge on any atom is -0.468 e. The number of halogens is 5. The molecule has 0 radical (unpaired) electrons. The number of anilines is 1. The molecule has 1 aromatic heterocycles. The molecule has 2 fully saturated rings. The molecule has 0 aliphatic carbocycles. The van der Waals surface area contributed by atoms with Crippen LogP contribution >= 0.6 is 0 Å². The molecular formula is C51H48F5N5O7. The molecule has 3 heterocycles. The third-order valence-electron chi connectivity index (χ3n) is 11.6. The number of alkyl halides is 3. The highest BCUT2D eigenvalue weighted by molar-refractivity contribution is 6.11. The van der Waals surface area contributed by atoms with Crippen LogP contribution in [-0.4, -0.2) is 98.0 Å². The van der Waals surface area contributed by atoms with Crippen molar-refractivity contribution < 1.29 is 55.2 Å². The number of carbonyl (C=O) groups excluding carboxylic acids is 2. The van der Waals surface area contributed by atoms with Gasteiger partial charge in [-0.1, -0.05) is 78.6 Å². The number of methoxy groups -OCH3 is 2. The van der Waals surface area contributed by atoms with Crippen molar-refractivity contribution in [3.63, 3.8) is 0 Å². The van der Waals surface area contributed by atoms with Crippen LogP contribution in [0.25, 0.3) is 32.8 Å². The number of aromatic nitrogens is 2. The summed E-state index contributed by atoms with van der Waals surface area (Å²) in [6, 6.07) is 24.5. The number of esters is 1. The van der Waals surface area contributed by atoms with Crippen molar-refractivity contribution in [3.8, 4) is 34.7 Å². The number of hydrogen-bond acceptors (Lipinski definition) is 11. The molecule has 8 rings (SSSR count). The van der Waals surface area contributed by atoms with Gasteiger partial charge in [0.2, 0.25) is 0 Å². The number of amides is 1. The molecule has 5 aromatic carbocycles. The highest BCUT2D eigenvalue weighted by Gasteiger charge is 2.45. The number of nitrogens with one attached hydrogen (secondary N) is 1. The van der Waals surface area contributed by atoms with Crippen LogP contribution < -0.4 is 19.7 Å². The van der Waals surface area contributed by atoms with Crippen LogP contribution in [0.1, 0.15) is 66.7 Å². The number of nitrogens with zero attached hydrogens (tertiary/aromatic N) is 4. The van der Waals surface area contributed by atoms with E-state index < -0.39 is 71.3 Å². The van der Waals surface area contributed by atoms with Gasteiger partial charge < -0.3 is 28.6 Å². The van der Waals surface area contributed by atoms with Gasteiger partial charge in [0.05, 0.1) is 42.9 Å². The second-order valence-electron chi connectivity index (χ2n) is 17.4. The van der Waals surface area contributed by atoms with E-state index in [4.69, 9.17) is 23.7 Å². The lowest BCUT2D eigenvalue weighted by Gasteiger charge is -2.42. The first kappa shape index (κ1) is 47.5. The molecular weight excluding hydrogens is 890 g/mol. The predicted molar refractivity (Wildman–Crippen MR) is 244 cm³/mol. The van der Waals surface area contributed by atoms with Crippen LogP contribution in [0.4, 0.5) is 32.6 Å². The molecule has 0 spiro atoms. The summed E-state index contributed by atoms with van der Waals surface area (Å²) in [5.74, 6) is 3.14. The van der Waals surface area contributed by atoms with Crippen LogP contribution in [0.2, 0.25) is 0 Å². The van der Waals surface area contributed by atoms with E-state index in [9.17, 15) is 22.8 Å². The maximum Gasteiger partial charge on any atom is 0.422 e. The Morgan fingerprint density at radius 2 is 1.53 bits per heavy atom. The van der Waals surface area contributed by atoms with Crippen molar-refractivity contribution in [1.29, 1.82) is 0 Å². The van der Waals surface area contributed by atoms with E-state index in [2.05, 4.69) is 27.1 Å². The quantitative estimate of drug-likeness (QED) is 0.0546. The zero-order chi connectivity index (χ0) is 48.3. The molecule has 2 atom stereocenters. The maximum absolute atomic E-state index is 18.0. The van der Waals surface area contributed by atoms with Crippen LogP contribution in [0, 0.1) is 23.5 Å². The lowest BCUT2D eigenvalue weighted by atomic mass is 9.89. The van der Waals surface area contributed by atoms with Crippen molar-refractivity contribution >= 4 is 39.6 Å². The number of fused-ring (bicyclic) bond motifs is 4. The molecule has 68 heavy (non-hydrogen) atoms. The molecule has 17 heteroatoms. The zero-order valence-corrected chi connectivity index (χ0v) is 37.9. The molecule has 0 saturated carbocycles. The normalized spacial score (nSPS) is 15.9. The molecule has 354 valence electrons. The van der Waals surface area contributed by atoms with Gasteiger partial charge in [-0.15, -0.1) is 0 Å². The Labute approximate surface area is 389 Å². The van der Waals surface area contributed by atoms with Crippen LogP contribution in [0.15, 0.2) is 91.0 Å². The van der Waals surface area contributed by atoms with E-state index in [1.54, 1.807) is 36.6 Å². The van der Waals surface area contributed by atoms with Crippen molar-refractivity contribution in [1.82, 2.24) is 20.2 Å².